The van der Waals surface area contributed by atoms with Crippen LogP contribution in [-0.4, -0.2) is 0 Å². The molecule has 2 nitrogen and oxygen atoms in total. The molecule has 1 aliphatic rings. The van der Waals surface area contributed by atoms with Crippen LogP contribution in [-0.2, 0) is 17.9 Å². The highest BCUT2D eigenvalue weighted by molar-refractivity contribution is 6.18. The standard InChI is InChI=1S/C34H38NO/c1-20(2)23-15-18-35(8)27(19-23)28-21(3)9-12-24-25-13-10-22-11-14-26-30(29(22)32(25)36-31(24)28)34(6,7)17-16-33(26,4)5/h9-15,18-20H,16-17H2,1-8H3/q+1. The zero-order valence-corrected chi connectivity index (χ0v) is 23.0. The number of furan rings is 1. The molecule has 5 aromatic rings. The van der Waals surface area contributed by atoms with Gasteiger partial charge in [0.1, 0.15) is 18.2 Å². The van der Waals surface area contributed by atoms with Gasteiger partial charge >= 0.3 is 0 Å². The van der Waals surface area contributed by atoms with Gasteiger partial charge < -0.3 is 4.42 Å². The predicted molar refractivity (Wildman–Crippen MR) is 152 cm³/mol. The van der Waals surface area contributed by atoms with Crippen molar-refractivity contribution in [2.75, 3.05) is 0 Å². The number of hydrogen-bond donors (Lipinski definition) is 0. The number of fused-ring (bicyclic) bond motifs is 7. The molecule has 6 rings (SSSR count). The van der Waals surface area contributed by atoms with Gasteiger partial charge in [-0.25, -0.2) is 4.57 Å². The number of pyridine rings is 1. The molecule has 184 valence electrons. The van der Waals surface area contributed by atoms with Gasteiger partial charge in [0.15, 0.2) is 6.20 Å². The maximum atomic E-state index is 7.00. The average molecular weight is 477 g/mol. The molecule has 0 spiro atoms. The zero-order chi connectivity index (χ0) is 25.6. The molecule has 2 heterocycles. The molecule has 0 unspecified atom stereocenters. The predicted octanol–water partition coefficient (Wildman–Crippen LogP) is 9.01. The van der Waals surface area contributed by atoms with Crippen LogP contribution < -0.4 is 4.57 Å². The molecule has 0 N–H and O–H groups in total. The van der Waals surface area contributed by atoms with Gasteiger partial charge in [0.2, 0.25) is 5.69 Å². The van der Waals surface area contributed by atoms with Crippen molar-refractivity contribution in [1.29, 1.82) is 0 Å². The summed E-state index contributed by atoms with van der Waals surface area (Å²) in [5.41, 5.74) is 10.3. The Morgan fingerprint density at radius 2 is 1.50 bits per heavy atom. The molecule has 2 heteroatoms. The van der Waals surface area contributed by atoms with E-state index in [1.54, 1.807) is 0 Å². The summed E-state index contributed by atoms with van der Waals surface area (Å²) >= 11 is 0. The maximum absolute atomic E-state index is 7.00. The third kappa shape index (κ3) is 3.26. The quantitative estimate of drug-likeness (QED) is 0.232. The molecule has 0 fully saturated rings. The van der Waals surface area contributed by atoms with Crippen molar-refractivity contribution in [3.63, 3.8) is 0 Å². The molecule has 0 amide bonds. The summed E-state index contributed by atoms with van der Waals surface area (Å²) in [6.07, 6.45) is 4.58. The lowest BCUT2D eigenvalue weighted by molar-refractivity contribution is -0.660. The highest BCUT2D eigenvalue weighted by atomic mass is 16.3. The number of hydrogen-bond acceptors (Lipinski definition) is 1. The lowest BCUT2D eigenvalue weighted by atomic mass is 9.62. The van der Waals surface area contributed by atoms with Gasteiger partial charge in [-0.2, -0.15) is 0 Å². The minimum absolute atomic E-state index is 0.106. The first-order valence-corrected chi connectivity index (χ1v) is 13.4. The molecule has 1 aliphatic carbocycles. The van der Waals surface area contributed by atoms with Crippen LogP contribution >= 0.6 is 0 Å². The number of aryl methyl sites for hydroxylation is 2. The van der Waals surface area contributed by atoms with Crippen LogP contribution in [0, 0.1) is 6.92 Å². The first kappa shape index (κ1) is 23.3. The van der Waals surface area contributed by atoms with E-state index in [0.29, 0.717) is 5.92 Å². The van der Waals surface area contributed by atoms with Crippen LogP contribution in [0.15, 0.2) is 59.1 Å². The van der Waals surface area contributed by atoms with Crippen LogP contribution in [0.2, 0.25) is 0 Å². The molecular formula is C34H38NO+. The fourth-order valence-electron chi connectivity index (χ4n) is 6.47. The fourth-order valence-corrected chi connectivity index (χ4v) is 6.47. The van der Waals surface area contributed by atoms with Crippen molar-refractivity contribution in [1.82, 2.24) is 0 Å². The molecule has 36 heavy (non-hydrogen) atoms. The van der Waals surface area contributed by atoms with Gasteiger partial charge in [-0.15, -0.1) is 0 Å². The average Bonchev–Trinajstić information content (AvgIpc) is 3.21. The van der Waals surface area contributed by atoms with Gasteiger partial charge in [0, 0.05) is 28.3 Å². The van der Waals surface area contributed by atoms with Crippen LogP contribution in [0.5, 0.6) is 0 Å². The lowest BCUT2D eigenvalue weighted by Crippen LogP contribution is -2.34. The number of benzene rings is 3. The van der Waals surface area contributed by atoms with Gasteiger partial charge in [-0.05, 0) is 70.2 Å². The Balaban J connectivity index is 1.76. The summed E-state index contributed by atoms with van der Waals surface area (Å²) < 4.78 is 9.23. The van der Waals surface area contributed by atoms with Crippen molar-refractivity contribution < 1.29 is 8.98 Å². The molecule has 0 radical (unpaired) electrons. The second-order valence-corrected chi connectivity index (χ2v) is 12.6. The monoisotopic (exact) mass is 476 g/mol. The molecule has 3 aromatic carbocycles. The Morgan fingerprint density at radius 1 is 0.833 bits per heavy atom. The van der Waals surface area contributed by atoms with Crippen LogP contribution in [0.25, 0.3) is 44.0 Å². The van der Waals surface area contributed by atoms with E-state index in [1.165, 1.54) is 67.9 Å². The van der Waals surface area contributed by atoms with Gasteiger partial charge in [-0.1, -0.05) is 71.9 Å². The van der Waals surface area contributed by atoms with E-state index in [-0.39, 0.29) is 10.8 Å². The van der Waals surface area contributed by atoms with Gasteiger partial charge in [0.05, 0.1) is 5.56 Å². The smallest absolute Gasteiger partial charge is 0.216 e. The molecule has 0 saturated carbocycles. The Bertz CT molecular complexity index is 1680. The summed E-state index contributed by atoms with van der Waals surface area (Å²) in [7, 11) is 2.14. The number of rotatable bonds is 2. The summed E-state index contributed by atoms with van der Waals surface area (Å²) in [4.78, 5) is 0. The summed E-state index contributed by atoms with van der Waals surface area (Å²) in [5, 5.41) is 5.00. The van der Waals surface area contributed by atoms with E-state index < -0.39 is 0 Å². The molecule has 2 aromatic heterocycles. The second-order valence-electron chi connectivity index (χ2n) is 12.6. The van der Waals surface area contributed by atoms with Crippen LogP contribution in [0.1, 0.15) is 82.6 Å². The van der Waals surface area contributed by atoms with E-state index in [2.05, 4.69) is 115 Å². The van der Waals surface area contributed by atoms with Gasteiger partial charge in [0.25, 0.3) is 0 Å². The SMILES string of the molecule is Cc1ccc2c(oc3c2ccc2ccc4c(c23)C(C)(C)CCC4(C)C)c1-c1cc(C(C)C)cc[n+]1C. The summed E-state index contributed by atoms with van der Waals surface area (Å²) in [6, 6.07) is 18.3. The van der Waals surface area contributed by atoms with E-state index in [0.717, 1.165) is 11.2 Å². The van der Waals surface area contributed by atoms with Crippen molar-refractivity contribution in [2.45, 2.75) is 78.1 Å². The Hall–Kier alpha value is -3.13. The van der Waals surface area contributed by atoms with Gasteiger partial charge in [-0.3, -0.25) is 0 Å². The van der Waals surface area contributed by atoms with Crippen molar-refractivity contribution in [3.8, 4) is 11.3 Å². The Morgan fingerprint density at radius 3 is 2.25 bits per heavy atom. The zero-order valence-electron chi connectivity index (χ0n) is 23.0. The highest BCUT2D eigenvalue weighted by Crippen LogP contribution is 2.51. The normalized spacial score (nSPS) is 16.8. The van der Waals surface area contributed by atoms with Crippen molar-refractivity contribution >= 4 is 32.7 Å². The fraction of sp³-hybridized carbons (Fsp3) is 0.382. The molecular weight excluding hydrogens is 438 g/mol. The van der Waals surface area contributed by atoms with Crippen molar-refractivity contribution in [3.05, 3.63) is 77.0 Å². The van der Waals surface area contributed by atoms with E-state index >= 15 is 0 Å². The summed E-state index contributed by atoms with van der Waals surface area (Å²) in [6.45, 7) is 16.3. The minimum atomic E-state index is 0.106. The maximum Gasteiger partial charge on any atom is 0.216 e. The largest absolute Gasteiger partial charge is 0.454 e. The third-order valence-corrected chi connectivity index (χ3v) is 8.88. The van der Waals surface area contributed by atoms with Crippen LogP contribution in [0.3, 0.4) is 0 Å². The third-order valence-electron chi connectivity index (χ3n) is 8.88. The Kier molecular flexibility index (Phi) is 4.97. The van der Waals surface area contributed by atoms with Crippen LogP contribution in [0.4, 0.5) is 0 Å². The van der Waals surface area contributed by atoms with Crippen molar-refractivity contribution in [2.24, 2.45) is 7.05 Å². The van der Waals surface area contributed by atoms with E-state index in [9.17, 15) is 0 Å². The Labute approximate surface area is 214 Å². The highest BCUT2D eigenvalue weighted by Gasteiger charge is 2.39. The minimum Gasteiger partial charge on any atom is -0.454 e. The second kappa shape index (κ2) is 7.68. The first-order chi connectivity index (χ1) is 17.0. The number of nitrogens with zero attached hydrogens (tertiary/aromatic N) is 1. The molecule has 0 atom stereocenters. The summed E-state index contributed by atoms with van der Waals surface area (Å²) in [5.74, 6) is 0.473. The molecule has 0 bridgehead atoms. The topological polar surface area (TPSA) is 17.0 Å². The van der Waals surface area contributed by atoms with E-state index in [1.807, 2.05) is 0 Å². The first-order valence-electron chi connectivity index (χ1n) is 13.4. The molecule has 0 aliphatic heterocycles. The molecule has 0 saturated heterocycles. The number of aromatic nitrogens is 1. The lowest BCUT2D eigenvalue weighted by Gasteiger charge is -2.42. The van der Waals surface area contributed by atoms with E-state index in [4.69, 9.17) is 4.42 Å².